The average molecular weight is 217 g/mol. The van der Waals surface area contributed by atoms with E-state index in [4.69, 9.17) is 7.85 Å². The number of nitrogens with zero attached hydrogens (tertiary/aromatic N) is 3. The van der Waals surface area contributed by atoms with Crippen LogP contribution in [0.5, 0.6) is 0 Å². The Morgan fingerprint density at radius 3 is 2.80 bits per heavy atom. The number of fused-ring (bicyclic) bond motifs is 2. The Morgan fingerprint density at radius 1 is 1.33 bits per heavy atom. The molecule has 3 heterocycles. The van der Waals surface area contributed by atoms with Crippen molar-refractivity contribution in [2.75, 3.05) is 18.0 Å². The van der Waals surface area contributed by atoms with Gasteiger partial charge < -0.3 is 4.90 Å². The van der Waals surface area contributed by atoms with Gasteiger partial charge in [0.15, 0.2) is 0 Å². The van der Waals surface area contributed by atoms with Crippen molar-refractivity contribution in [2.45, 2.75) is 18.5 Å². The first kappa shape index (κ1) is 9.62. The van der Waals surface area contributed by atoms with E-state index >= 15 is 0 Å². The lowest BCUT2D eigenvalue weighted by atomic mass is 9.98. The first-order valence-electron chi connectivity index (χ1n) is 5.22. The van der Waals surface area contributed by atoms with Crippen LogP contribution in [0.3, 0.4) is 0 Å². The quantitative estimate of drug-likeness (QED) is 0.484. The molecule has 1 aromatic heterocycles. The van der Waals surface area contributed by atoms with Gasteiger partial charge in [-0.3, -0.25) is 9.65 Å². The summed E-state index contributed by atoms with van der Waals surface area (Å²) in [6, 6.07) is 3.33. The molecule has 1 aromatic rings. The molecule has 3 unspecified atom stereocenters. The highest BCUT2D eigenvalue weighted by molar-refractivity contribution is 7.13. The summed E-state index contributed by atoms with van der Waals surface area (Å²) in [5.74, 6) is 0. The van der Waals surface area contributed by atoms with Crippen LogP contribution in [-0.2, 0) is 0 Å². The van der Waals surface area contributed by atoms with Gasteiger partial charge in [0.25, 0.3) is 0 Å². The minimum absolute atomic E-state index is 0.635. The van der Waals surface area contributed by atoms with Crippen LogP contribution in [0.2, 0.25) is 0 Å². The summed E-state index contributed by atoms with van der Waals surface area (Å²) in [5.41, 5.74) is 1.92. The fraction of sp³-hybridized carbons (Fsp3) is 0.500. The van der Waals surface area contributed by atoms with E-state index in [1.54, 1.807) is 6.20 Å². The number of pyridine rings is 1. The molecule has 3 atom stereocenters. The number of hydrogen-bond acceptors (Lipinski definition) is 3. The standard InChI is InChI=1S/C10H13BN3P/c11-7-1-8(4-12-3-7)13-5-10-2-9(13)6-14(10)15/h1,3-4,9-10H,2,5-6,15H2. The minimum atomic E-state index is 0.635. The van der Waals surface area contributed by atoms with Crippen LogP contribution in [-0.4, -0.2) is 42.7 Å². The molecular formula is C10H13BN3P. The van der Waals surface area contributed by atoms with Gasteiger partial charge in [0.2, 0.25) is 0 Å². The monoisotopic (exact) mass is 217 g/mol. The molecule has 2 bridgehead atoms. The van der Waals surface area contributed by atoms with Gasteiger partial charge in [-0.15, -0.1) is 0 Å². The normalized spacial score (nSPS) is 30.1. The number of aromatic nitrogens is 1. The molecule has 15 heavy (non-hydrogen) atoms. The van der Waals surface area contributed by atoms with E-state index in [0.29, 0.717) is 12.1 Å². The summed E-state index contributed by atoms with van der Waals surface area (Å²) < 4.78 is 2.36. The largest absolute Gasteiger partial charge is 0.364 e. The third kappa shape index (κ3) is 1.56. The summed E-state index contributed by atoms with van der Waals surface area (Å²) >= 11 is 0. The lowest BCUT2D eigenvalue weighted by Crippen LogP contribution is -2.42. The number of anilines is 1. The topological polar surface area (TPSA) is 19.4 Å². The van der Waals surface area contributed by atoms with Crippen molar-refractivity contribution in [3.8, 4) is 0 Å². The molecule has 2 radical (unpaired) electrons. The molecule has 0 spiro atoms. The Bertz CT molecular complexity index is 385. The molecule has 0 N–H and O–H groups in total. The van der Waals surface area contributed by atoms with Crippen molar-refractivity contribution in [2.24, 2.45) is 0 Å². The summed E-state index contributed by atoms with van der Waals surface area (Å²) in [6.45, 7) is 2.23. The summed E-state index contributed by atoms with van der Waals surface area (Å²) in [7, 11) is 8.56. The van der Waals surface area contributed by atoms with Crippen LogP contribution in [0.4, 0.5) is 5.69 Å². The lowest BCUT2D eigenvalue weighted by Gasteiger charge is -2.33. The Balaban J connectivity index is 1.86. The summed E-state index contributed by atoms with van der Waals surface area (Å²) in [6.07, 6.45) is 4.86. The predicted octanol–water partition coefficient (Wildman–Crippen LogP) is -0.0716. The van der Waals surface area contributed by atoms with Crippen LogP contribution in [0.25, 0.3) is 0 Å². The maximum absolute atomic E-state index is 5.75. The Labute approximate surface area is 93.5 Å². The molecule has 0 amide bonds. The zero-order chi connectivity index (χ0) is 10.4. The average Bonchev–Trinajstić information content (AvgIpc) is 2.76. The molecule has 3 nitrogen and oxygen atoms in total. The van der Waals surface area contributed by atoms with Gasteiger partial charge in [-0.2, -0.15) is 0 Å². The van der Waals surface area contributed by atoms with E-state index < -0.39 is 0 Å². The van der Waals surface area contributed by atoms with Crippen LogP contribution in [0.15, 0.2) is 18.5 Å². The van der Waals surface area contributed by atoms with Crippen molar-refractivity contribution >= 4 is 28.4 Å². The third-order valence-corrected chi connectivity index (χ3v) is 3.99. The van der Waals surface area contributed by atoms with Crippen molar-refractivity contribution in [1.82, 2.24) is 9.65 Å². The van der Waals surface area contributed by atoms with Gasteiger partial charge in [0, 0.05) is 31.4 Å². The molecule has 3 rings (SSSR count). The van der Waals surface area contributed by atoms with Crippen molar-refractivity contribution in [3.05, 3.63) is 18.5 Å². The Hall–Kier alpha value is -0.595. The van der Waals surface area contributed by atoms with Gasteiger partial charge in [0.1, 0.15) is 7.85 Å². The van der Waals surface area contributed by atoms with Gasteiger partial charge in [-0.1, -0.05) is 14.9 Å². The van der Waals surface area contributed by atoms with E-state index in [-0.39, 0.29) is 0 Å². The van der Waals surface area contributed by atoms with E-state index in [1.165, 1.54) is 12.1 Å². The Morgan fingerprint density at radius 2 is 2.20 bits per heavy atom. The molecule has 2 saturated heterocycles. The number of hydrogen-bond donors (Lipinski definition) is 0. The zero-order valence-corrected chi connectivity index (χ0v) is 9.66. The van der Waals surface area contributed by atoms with Crippen LogP contribution >= 0.6 is 9.39 Å². The fourth-order valence-electron chi connectivity index (χ4n) is 2.62. The molecular weight excluding hydrogens is 204 g/mol. The van der Waals surface area contributed by atoms with E-state index in [2.05, 4.69) is 23.9 Å². The predicted molar refractivity (Wildman–Crippen MR) is 65.6 cm³/mol. The van der Waals surface area contributed by atoms with Crippen molar-refractivity contribution < 1.29 is 0 Å². The maximum atomic E-state index is 5.75. The zero-order valence-electron chi connectivity index (χ0n) is 8.50. The molecule has 0 aromatic carbocycles. The Kier molecular flexibility index (Phi) is 2.22. The van der Waals surface area contributed by atoms with E-state index in [0.717, 1.165) is 18.6 Å². The molecule has 76 valence electrons. The first-order valence-corrected chi connectivity index (χ1v) is 5.74. The van der Waals surface area contributed by atoms with Gasteiger partial charge in [-0.25, -0.2) is 0 Å². The third-order valence-electron chi connectivity index (χ3n) is 3.36. The molecule has 5 heteroatoms. The van der Waals surface area contributed by atoms with Crippen molar-refractivity contribution in [1.29, 1.82) is 0 Å². The summed E-state index contributed by atoms with van der Waals surface area (Å²) in [4.78, 5) is 6.57. The molecule has 2 aliphatic rings. The lowest BCUT2D eigenvalue weighted by molar-refractivity contribution is 0.410. The minimum Gasteiger partial charge on any atom is -0.364 e. The number of piperazine rings is 1. The van der Waals surface area contributed by atoms with Crippen LogP contribution in [0.1, 0.15) is 6.42 Å². The van der Waals surface area contributed by atoms with E-state index in [1.807, 2.05) is 12.3 Å². The van der Waals surface area contributed by atoms with Crippen LogP contribution in [0, 0.1) is 0 Å². The van der Waals surface area contributed by atoms with Gasteiger partial charge in [-0.05, 0) is 12.5 Å². The smallest absolute Gasteiger partial charge is 0.116 e. The SMILES string of the molecule is [B]c1cncc(N2CC3CC2CN3P)c1. The summed E-state index contributed by atoms with van der Waals surface area (Å²) in [5, 5.41) is 0. The molecule has 2 fully saturated rings. The van der Waals surface area contributed by atoms with Crippen LogP contribution < -0.4 is 10.4 Å². The fourth-order valence-corrected chi connectivity index (χ4v) is 3.08. The molecule has 0 saturated carbocycles. The van der Waals surface area contributed by atoms with Gasteiger partial charge in [0.05, 0.1) is 11.9 Å². The first-order chi connectivity index (χ1) is 7.24. The highest BCUT2D eigenvalue weighted by Crippen LogP contribution is 2.35. The van der Waals surface area contributed by atoms with Gasteiger partial charge >= 0.3 is 0 Å². The molecule has 2 aliphatic heterocycles. The second kappa shape index (κ2) is 3.46. The second-order valence-electron chi connectivity index (χ2n) is 4.37. The second-order valence-corrected chi connectivity index (χ2v) is 5.03. The van der Waals surface area contributed by atoms with E-state index in [9.17, 15) is 0 Å². The number of rotatable bonds is 1. The highest BCUT2D eigenvalue weighted by Gasteiger charge is 2.41. The van der Waals surface area contributed by atoms with Crippen molar-refractivity contribution in [3.63, 3.8) is 0 Å². The highest BCUT2D eigenvalue weighted by atomic mass is 31.0. The molecule has 0 aliphatic carbocycles. The maximum Gasteiger partial charge on any atom is 0.116 e.